The standard InChI is InChI=1S/C22H23N3O6S/c1-32(30,31)20-11-16(10-19(12-20)25(28)29)22(27)24(18-8-9-18)13-14-2-4-15(5-3-14)21(26)23-17-6-7-17/h2-5,10-12,17-18H,6-9,13H2,1H3,(H,23,26). The van der Waals surface area contributed by atoms with Gasteiger partial charge in [-0.25, -0.2) is 8.42 Å². The first-order valence-electron chi connectivity index (χ1n) is 10.3. The van der Waals surface area contributed by atoms with Crippen LogP contribution in [-0.4, -0.2) is 48.4 Å². The van der Waals surface area contributed by atoms with Crippen LogP contribution in [0.15, 0.2) is 47.4 Å². The van der Waals surface area contributed by atoms with E-state index in [1.807, 2.05) is 0 Å². The molecular formula is C22H23N3O6S. The molecule has 0 heterocycles. The molecule has 32 heavy (non-hydrogen) atoms. The Morgan fingerprint density at radius 2 is 1.72 bits per heavy atom. The summed E-state index contributed by atoms with van der Waals surface area (Å²) in [5.41, 5.74) is 0.869. The second-order valence-corrected chi connectivity index (χ2v) is 10.4. The van der Waals surface area contributed by atoms with Gasteiger partial charge in [-0.15, -0.1) is 0 Å². The summed E-state index contributed by atoms with van der Waals surface area (Å²) in [6, 6.07) is 10.5. The predicted molar refractivity (Wildman–Crippen MR) is 116 cm³/mol. The smallest absolute Gasteiger partial charge is 0.271 e. The zero-order valence-corrected chi connectivity index (χ0v) is 18.3. The minimum Gasteiger partial charge on any atom is -0.349 e. The number of nitrogens with one attached hydrogen (secondary N) is 1. The van der Waals surface area contributed by atoms with Crippen molar-refractivity contribution in [2.45, 2.75) is 49.2 Å². The van der Waals surface area contributed by atoms with Gasteiger partial charge in [0.1, 0.15) is 0 Å². The number of rotatable bonds is 8. The molecule has 0 unspecified atom stereocenters. The SMILES string of the molecule is CS(=O)(=O)c1cc(C(=O)N(Cc2ccc(C(=O)NC3CC3)cc2)C2CC2)cc([N+](=O)[O-])c1. The summed E-state index contributed by atoms with van der Waals surface area (Å²) in [4.78, 5) is 37.3. The Morgan fingerprint density at radius 1 is 1.06 bits per heavy atom. The minimum atomic E-state index is -3.73. The molecule has 9 nitrogen and oxygen atoms in total. The molecule has 168 valence electrons. The Balaban J connectivity index is 1.57. The molecule has 2 fully saturated rings. The average Bonchev–Trinajstić information content (AvgIpc) is 3.66. The van der Waals surface area contributed by atoms with Gasteiger partial charge in [0.2, 0.25) is 0 Å². The van der Waals surface area contributed by atoms with Gasteiger partial charge >= 0.3 is 0 Å². The van der Waals surface area contributed by atoms with E-state index in [-0.39, 0.29) is 35.0 Å². The van der Waals surface area contributed by atoms with Gasteiger partial charge in [-0.1, -0.05) is 12.1 Å². The summed E-state index contributed by atoms with van der Waals surface area (Å²) in [5.74, 6) is -0.587. The van der Waals surface area contributed by atoms with Crippen LogP contribution in [0.3, 0.4) is 0 Å². The van der Waals surface area contributed by atoms with Crippen molar-refractivity contribution in [3.8, 4) is 0 Å². The minimum absolute atomic E-state index is 0.0127. The molecule has 0 aromatic heterocycles. The van der Waals surface area contributed by atoms with Crippen molar-refractivity contribution >= 4 is 27.3 Å². The van der Waals surface area contributed by atoms with E-state index in [1.54, 1.807) is 29.2 Å². The van der Waals surface area contributed by atoms with Crippen molar-refractivity contribution in [3.05, 3.63) is 69.3 Å². The number of hydrogen-bond acceptors (Lipinski definition) is 6. The lowest BCUT2D eigenvalue weighted by Gasteiger charge is -2.23. The quantitative estimate of drug-likeness (QED) is 0.480. The molecule has 0 radical (unpaired) electrons. The van der Waals surface area contributed by atoms with Crippen LogP contribution >= 0.6 is 0 Å². The lowest BCUT2D eigenvalue weighted by atomic mass is 10.1. The van der Waals surface area contributed by atoms with E-state index in [9.17, 15) is 28.1 Å². The number of nitrogens with zero attached hydrogens (tertiary/aromatic N) is 2. The second kappa shape index (κ2) is 8.34. The zero-order valence-electron chi connectivity index (χ0n) is 17.5. The Bertz CT molecular complexity index is 1180. The van der Waals surface area contributed by atoms with Crippen LogP contribution in [0.4, 0.5) is 5.69 Å². The molecule has 2 saturated carbocycles. The van der Waals surface area contributed by atoms with E-state index in [2.05, 4.69) is 5.32 Å². The molecule has 2 aliphatic rings. The third-order valence-corrected chi connectivity index (χ3v) is 6.60. The number of sulfone groups is 1. The number of benzene rings is 2. The third-order valence-electron chi connectivity index (χ3n) is 5.51. The van der Waals surface area contributed by atoms with Crippen molar-refractivity contribution in [1.29, 1.82) is 0 Å². The van der Waals surface area contributed by atoms with Crippen LogP contribution in [0.2, 0.25) is 0 Å². The highest BCUT2D eigenvalue weighted by Gasteiger charge is 2.34. The molecule has 2 aromatic rings. The molecule has 2 amide bonds. The maximum absolute atomic E-state index is 13.2. The summed E-state index contributed by atoms with van der Waals surface area (Å²) in [6.45, 7) is 0.255. The van der Waals surface area contributed by atoms with Gasteiger partial charge < -0.3 is 10.2 Å². The maximum atomic E-state index is 13.2. The van der Waals surface area contributed by atoms with E-state index in [4.69, 9.17) is 0 Å². The molecule has 1 N–H and O–H groups in total. The first-order chi connectivity index (χ1) is 15.1. The van der Waals surface area contributed by atoms with Crippen LogP contribution in [0.1, 0.15) is 52.0 Å². The molecule has 0 bridgehead atoms. The lowest BCUT2D eigenvalue weighted by molar-refractivity contribution is -0.385. The molecule has 0 saturated heterocycles. The largest absolute Gasteiger partial charge is 0.349 e. The number of carbonyl (C=O) groups excluding carboxylic acids is 2. The highest BCUT2D eigenvalue weighted by Crippen LogP contribution is 2.31. The van der Waals surface area contributed by atoms with Crippen molar-refractivity contribution < 1.29 is 22.9 Å². The van der Waals surface area contributed by atoms with Crippen molar-refractivity contribution in [2.75, 3.05) is 6.26 Å². The highest BCUT2D eigenvalue weighted by molar-refractivity contribution is 7.90. The van der Waals surface area contributed by atoms with Crippen LogP contribution in [-0.2, 0) is 16.4 Å². The molecule has 4 rings (SSSR count). The summed E-state index contributed by atoms with van der Waals surface area (Å²) in [6.07, 6.45) is 4.56. The molecular weight excluding hydrogens is 434 g/mol. The number of nitro groups is 1. The van der Waals surface area contributed by atoms with Crippen molar-refractivity contribution in [1.82, 2.24) is 10.2 Å². The fourth-order valence-electron chi connectivity index (χ4n) is 3.40. The van der Waals surface area contributed by atoms with Gasteiger partial charge in [0.05, 0.1) is 9.82 Å². The number of nitro benzene ring substituents is 1. The van der Waals surface area contributed by atoms with E-state index in [1.165, 1.54) is 6.07 Å². The molecule has 0 spiro atoms. The molecule has 0 atom stereocenters. The number of amides is 2. The fourth-order valence-corrected chi connectivity index (χ4v) is 4.08. The van der Waals surface area contributed by atoms with Crippen molar-refractivity contribution in [2.24, 2.45) is 0 Å². The molecule has 10 heteroatoms. The van der Waals surface area contributed by atoms with Crippen LogP contribution in [0.5, 0.6) is 0 Å². The summed E-state index contributed by atoms with van der Waals surface area (Å²) in [7, 11) is -3.73. The van der Waals surface area contributed by atoms with Gasteiger partial charge in [0.15, 0.2) is 9.84 Å². The van der Waals surface area contributed by atoms with Gasteiger partial charge in [-0.2, -0.15) is 0 Å². The number of non-ortho nitro benzene ring substituents is 1. The second-order valence-electron chi connectivity index (χ2n) is 8.35. The van der Waals surface area contributed by atoms with E-state index in [0.29, 0.717) is 5.56 Å². The van der Waals surface area contributed by atoms with Gasteiger partial charge in [0.25, 0.3) is 17.5 Å². The summed E-state index contributed by atoms with van der Waals surface area (Å²) < 4.78 is 23.9. The molecule has 0 aliphatic heterocycles. The van der Waals surface area contributed by atoms with Crippen LogP contribution in [0.25, 0.3) is 0 Å². The topological polar surface area (TPSA) is 127 Å². The summed E-state index contributed by atoms with van der Waals surface area (Å²) >= 11 is 0. The van der Waals surface area contributed by atoms with E-state index in [0.717, 1.165) is 49.6 Å². The first kappa shape index (κ1) is 21.9. The summed E-state index contributed by atoms with van der Waals surface area (Å²) in [5, 5.41) is 14.2. The fraction of sp³-hybridized carbons (Fsp3) is 0.364. The Morgan fingerprint density at radius 3 is 2.25 bits per heavy atom. The van der Waals surface area contributed by atoms with Gasteiger partial charge in [0, 0.05) is 48.1 Å². The zero-order chi connectivity index (χ0) is 23.0. The normalized spacial score (nSPS) is 15.8. The van der Waals surface area contributed by atoms with E-state index < -0.39 is 26.4 Å². The number of hydrogen-bond donors (Lipinski definition) is 1. The Labute approximate surface area is 185 Å². The molecule has 2 aromatic carbocycles. The predicted octanol–water partition coefficient (Wildman–Crippen LogP) is 2.70. The monoisotopic (exact) mass is 457 g/mol. The highest BCUT2D eigenvalue weighted by atomic mass is 32.2. The Kier molecular flexibility index (Phi) is 5.72. The average molecular weight is 458 g/mol. The molecule has 2 aliphatic carbocycles. The Hall–Kier alpha value is -3.27. The van der Waals surface area contributed by atoms with Crippen LogP contribution in [0, 0.1) is 10.1 Å². The van der Waals surface area contributed by atoms with E-state index >= 15 is 0 Å². The lowest BCUT2D eigenvalue weighted by Crippen LogP contribution is -2.32. The first-order valence-corrected chi connectivity index (χ1v) is 12.2. The number of carbonyl (C=O) groups is 2. The van der Waals surface area contributed by atoms with Crippen molar-refractivity contribution in [3.63, 3.8) is 0 Å². The third kappa shape index (κ3) is 5.13. The van der Waals surface area contributed by atoms with Gasteiger partial charge in [-0.3, -0.25) is 19.7 Å². The van der Waals surface area contributed by atoms with Crippen LogP contribution < -0.4 is 5.32 Å². The maximum Gasteiger partial charge on any atom is 0.271 e. The van der Waals surface area contributed by atoms with Gasteiger partial charge in [-0.05, 0) is 49.4 Å².